The molecule has 12 rings (SSSR count). The number of halogens is 1. The van der Waals surface area contributed by atoms with Crippen molar-refractivity contribution in [1.29, 1.82) is 0 Å². The van der Waals surface area contributed by atoms with Crippen LogP contribution in [0.2, 0.25) is 0 Å². The van der Waals surface area contributed by atoms with Crippen LogP contribution in [0.25, 0.3) is 47.7 Å². The predicted molar refractivity (Wildman–Crippen MR) is 304 cm³/mol. The zero-order valence-electron chi connectivity index (χ0n) is 42.8. The molecule has 0 saturated carbocycles. The van der Waals surface area contributed by atoms with E-state index in [4.69, 9.17) is 4.74 Å². The standard InChI is InChI=1S/C19H19N5OS.C19H19N5S.C18H16FN5S/c1-12-9-24(11-22-12)16-5-4-14(8-17(16)25-3)13(2)23-18-15-6-7-26-19(15)21-10-20-18;1-3-17(23-18-16-8-9-25-19(16)21-11-20-18)14-4-6-15(7-5-14)24-10-13(2)22-12-24;1-11-8-24(10-22-11)13-3-4-14(16(19)7-13)12(2)23-17-15-5-6-25-18(15)21-9-20-17/h4-11,13H,1-3H3,(H,20,21,23);4-12,17H,3H2,1-2H3,(H,20,21,23);3-10,12H,1-2H3,(H,20,21,23). The normalized spacial score (nSPS) is 12.4. The van der Waals surface area contributed by atoms with Gasteiger partial charge in [0.2, 0.25) is 0 Å². The molecule has 0 amide bonds. The number of nitrogens with one attached hydrogen (secondary N) is 3. The number of hydrogen-bond acceptors (Lipinski definition) is 16. The zero-order valence-corrected chi connectivity index (χ0v) is 45.2. The Morgan fingerprint density at radius 3 is 1.49 bits per heavy atom. The van der Waals surface area contributed by atoms with Crippen LogP contribution in [0.1, 0.15) is 79.1 Å². The second-order valence-electron chi connectivity index (χ2n) is 17.9. The lowest BCUT2D eigenvalue weighted by atomic mass is 10.0. The first-order valence-electron chi connectivity index (χ1n) is 24.5. The topological polar surface area (TPSA) is 176 Å². The number of methoxy groups -OCH3 is 1. The van der Waals surface area contributed by atoms with E-state index >= 15 is 0 Å². The Hall–Kier alpha value is -8.46. The second-order valence-corrected chi connectivity index (χ2v) is 20.6. The van der Waals surface area contributed by atoms with Crippen molar-refractivity contribution in [1.82, 2.24) is 58.6 Å². The number of fused-ring (bicyclic) bond motifs is 3. The number of anilines is 3. The number of aromatic nitrogens is 12. The third kappa shape index (κ3) is 11.4. The smallest absolute Gasteiger partial charge is 0.143 e. The van der Waals surface area contributed by atoms with Gasteiger partial charge in [0.05, 0.1) is 83.1 Å². The largest absolute Gasteiger partial charge is 0.495 e. The first kappa shape index (κ1) is 51.0. The maximum atomic E-state index is 14.6. The number of aryl methyl sites for hydroxylation is 3. The Labute approximate surface area is 450 Å². The molecule has 20 heteroatoms. The van der Waals surface area contributed by atoms with E-state index in [9.17, 15) is 4.39 Å². The Kier molecular flexibility index (Phi) is 15.4. The first-order valence-corrected chi connectivity index (χ1v) is 27.1. The van der Waals surface area contributed by atoms with Crippen molar-refractivity contribution in [3.63, 3.8) is 0 Å². The maximum Gasteiger partial charge on any atom is 0.143 e. The Bertz CT molecular complexity index is 3880. The molecule has 0 aliphatic rings. The van der Waals surface area contributed by atoms with Gasteiger partial charge in [-0.25, -0.2) is 49.2 Å². The fourth-order valence-corrected chi connectivity index (χ4v) is 10.8. The molecule has 3 N–H and O–H groups in total. The van der Waals surface area contributed by atoms with Gasteiger partial charge in [-0.3, -0.25) is 0 Å². The Morgan fingerprint density at radius 1 is 0.526 bits per heavy atom. The lowest BCUT2D eigenvalue weighted by molar-refractivity contribution is 0.412. The van der Waals surface area contributed by atoms with Gasteiger partial charge in [0.15, 0.2) is 0 Å². The van der Waals surface area contributed by atoms with E-state index < -0.39 is 0 Å². The van der Waals surface area contributed by atoms with Crippen molar-refractivity contribution >= 4 is 82.1 Å². The van der Waals surface area contributed by atoms with Crippen LogP contribution in [0.15, 0.2) is 152 Å². The quantitative estimate of drug-likeness (QED) is 0.0939. The van der Waals surface area contributed by atoms with Gasteiger partial charge in [0.1, 0.15) is 62.5 Å². The van der Waals surface area contributed by atoms with Crippen LogP contribution < -0.4 is 20.7 Å². The van der Waals surface area contributed by atoms with E-state index in [1.165, 1.54) is 18.0 Å². The number of nitrogens with zero attached hydrogens (tertiary/aromatic N) is 12. The lowest BCUT2D eigenvalue weighted by Gasteiger charge is -2.19. The Morgan fingerprint density at radius 2 is 1.00 bits per heavy atom. The fraction of sp³-hybridized carbons (Fsp3) is 0.196. The number of imidazole rings is 3. The van der Waals surface area contributed by atoms with Crippen molar-refractivity contribution in [2.24, 2.45) is 0 Å². The van der Waals surface area contributed by atoms with E-state index in [-0.39, 0.29) is 23.9 Å². The van der Waals surface area contributed by atoms with Gasteiger partial charge in [-0.1, -0.05) is 31.2 Å². The summed E-state index contributed by atoms with van der Waals surface area (Å²) in [6.07, 6.45) is 16.9. The highest BCUT2D eigenvalue weighted by atomic mass is 32.1. The fourth-order valence-electron chi connectivity index (χ4n) is 8.63. The molecular weight excluding hydrogens is 1010 g/mol. The number of benzene rings is 3. The summed E-state index contributed by atoms with van der Waals surface area (Å²) in [5.74, 6) is 2.99. The van der Waals surface area contributed by atoms with Crippen molar-refractivity contribution in [3.05, 3.63) is 191 Å². The van der Waals surface area contributed by atoms with Crippen LogP contribution in [-0.4, -0.2) is 65.7 Å². The van der Waals surface area contributed by atoms with E-state index in [0.29, 0.717) is 11.4 Å². The van der Waals surface area contributed by atoms with Crippen LogP contribution in [0.4, 0.5) is 21.8 Å². The monoisotopic (exact) mass is 1070 g/mol. The van der Waals surface area contributed by atoms with Crippen molar-refractivity contribution in [2.75, 3.05) is 23.1 Å². The minimum Gasteiger partial charge on any atom is -0.495 e. The molecular formula is C56H54FN15OS3. The van der Waals surface area contributed by atoms with Crippen LogP contribution >= 0.6 is 34.0 Å². The predicted octanol–water partition coefficient (Wildman–Crippen LogP) is 13.6. The van der Waals surface area contributed by atoms with E-state index in [0.717, 1.165) is 94.2 Å². The summed E-state index contributed by atoms with van der Waals surface area (Å²) >= 11 is 4.80. The van der Waals surface area contributed by atoms with Gasteiger partial charge < -0.3 is 34.4 Å². The van der Waals surface area contributed by atoms with E-state index in [2.05, 4.69) is 111 Å². The van der Waals surface area contributed by atoms with Crippen molar-refractivity contribution in [2.45, 2.75) is 66.1 Å². The van der Waals surface area contributed by atoms with Gasteiger partial charge in [-0.2, -0.15) is 0 Å². The van der Waals surface area contributed by atoms with Crippen LogP contribution in [0.5, 0.6) is 5.75 Å². The molecule has 76 heavy (non-hydrogen) atoms. The molecule has 9 aromatic heterocycles. The molecule has 0 saturated heterocycles. The van der Waals surface area contributed by atoms with Crippen molar-refractivity contribution in [3.8, 4) is 22.8 Å². The zero-order chi connectivity index (χ0) is 52.7. The molecule has 0 aliphatic carbocycles. The minimum atomic E-state index is -0.264. The van der Waals surface area contributed by atoms with Gasteiger partial charge >= 0.3 is 0 Å². The molecule has 0 spiro atoms. The summed E-state index contributed by atoms with van der Waals surface area (Å²) < 4.78 is 26.1. The summed E-state index contributed by atoms with van der Waals surface area (Å²) in [7, 11) is 1.68. The SMILES string of the molecule is CCC(Nc1ncnc2sccc12)c1ccc(-n2cnc(C)c2)cc1.COc1cc(C(C)Nc2ncnc3sccc23)ccc1-n1cnc(C)c1.Cc1cn(-c2ccc(C(C)Nc3ncnc4sccc34)c(F)c2)cn1. The summed E-state index contributed by atoms with van der Waals surface area (Å²) in [6.45, 7) is 12.1. The Balaban J connectivity index is 0.000000130. The minimum absolute atomic E-state index is 0.0699. The second kappa shape index (κ2) is 23.0. The molecule has 3 unspecified atom stereocenters. The number of thiophene rings is 3. The summed E-state index contributed by atoms with van der Waals surface area (Å²) in [5, 5.41) is 19.5. The molecule has 3 atom stereocenters. The molecule has 0 bridgehead atoms. The van der Waals surface area contributed by atoms with Gasteiger partial charge in [-0.15, -0.1) is 34.0 Å². The number of rotatable bonds is 14. The molecule has 384 valence electrons. The van der Waals surface area contributed by atoms with E-state index in [1.54, 1.807) is 77.1 Å². The first-order chi connectivity index (χ1) is 37.0. The molecule has 12 aromatic rings. The summed E-state index contributed by atoms with van der Waals surface area (Å²) in [5.41, 5.74) is 8.64. The van der Waals surface area contributed by atoms with Crippen LogP contribution in [0, 0.1) is 26.6 Å². The number of hydrogen-bond donors (Lipinski definition) is 3. The highest BCUT2D eigenvalue weighted by Crippen LogP contribution is 2.33. The van der Waals surface area contributed by atoms with Crippen LogP contribution in [-0.2, 0) is 0 Å². The molecule has 3 aromatic carbocycles. The van der Waals surface area contributed by atoms with Gasteiger partial charge in [-0.05, 0) is 123 Å². The van der Waals surface area contributed by atoms with Gasteiger partial charge in [0.25, 0.3) is 0 Å². The maximum absolute atomic E-state index is 14.6. The summed E-state index contributed by atoms with van der Waals surface area (Å²) in [4.78, 5) is 41.6. The average Bonchev–Trinajstić information content (AvgIpc) is 4.32. The third-order valence-corrected chi connectivity index (χ3v) is 15.1. The molecule has 0 fully saturated rings. The van der Waals surface area contributed by atoms with Crippen LogP contribution in [0.3, 0.4) is 0 Å². The lowest BCUT2D eigenvalue weighted by Crippen LogP contribution is -2.11. The summed E-state index contributed by atoms with van der Waals surface area (Å²) in [6, 6.07) is 26.1. The number of ether oxygens (including phenoxy) is 1. The highest BCUT2D eigenvalue weighted by Gasteiger charge is 2.17. The third-order valence-electron chi connectivity index (χ3n) is 12.7. The van der Waals surface area contributed by atoms with Crippen molar-refractivity contribution < 1.29 is 9.13 Å². The highest BCUT2D eigenvalue weighted by molar-refractivity contribution is 7.17. The average molecular weight is 1070 g/mol. The molecule has 9 heterocycles. The molecule has 16 nitrogen and oxygen atoms in total. The van der Waals surface area contributed by atoms with Gasteiger partial charge in [0, 0.05) is 35.5 Å². The molecule has 0 aliphatic heterocycles. The molecule has 0 radical (unpaired) electrons. The van der Waals surface area contributed by atoms with E-state index in [1.807, 2.05) is 108 Å².